The molecule has 0 spiro atoms. The van der Waals surface area contributed by atoms with Gasteiger partial charge < -0.3 is 20.3 Å². The molecule has 1 heterocycles. The summed E-state index contributed by atoms with van der Waals surface area (Å²) in [6.07, 6.45) is 0.934. The van der Waals surface area contributed by atoms with Gasteiger partial charge in [-0.2, -0.15) is 0 Å². The molecule has 1 aliphatic heterocycles. The lowest BCUT2D eigenvalue weighted by Gasteiger charge is -2.28. The van der Waals surface area contributed by atoms with E-state index in [4.69, 9.17) is 4.74 Å². The van der Waals surface area contributed by atoms with Gasteiger partial charge in [-0.25, -0.2) is 4.79 Å². The number of carbonyl (C=O) groups excluding carboxylic acids is 1. The Hall–Kier alpha value is -3.71. The molecule has 0 aliphatic carbocycles. The minimum absolute atomic E-state index is 0.0245. The maximum absolute atomic E-state index is 13.5. The molecule has 1 aliphatic rings. The number of morpholine rings is 1. The maximum Gasteiger partial charge on any atom is 0.317 e. The normalized spacial score (nSPS) is 13.8. The van der Waals surface area contributed by atoms with Crippen molar-refractivity contribution in [2.24, 2.45) is 0 Å². The van der Waals surface area contributed by atoms with E-state index in [9.17, 15) is 4.79 Å². The van der Waals surface area contributed by atoms with Crippen molar-refractivity contribution < 1.29 is 9.53 Å². The van der Waals surface area contributed by atoms with E-state index < -0.39 is 0 Å². The Balaban J connectivity index is 1.18. The average molecular weight is 537 g/mol. The summed E-state index contributed by atoms with van der Waals surface area (Å²) < 4.78 is 5.48. The predicted octanol–water partition coefficient (Wildman–Crippen LogP) is 5.56. The van der Waals surface area contributed by atoms with Crippen LogP contribution in [0, 0.1) is 0 Å². The fourth-order valence-corrected chi connectivity index (χ4v) is 5.22. The number of ether oxygens (including phenoxy) is 1. The minimum atomic E-state index is -0.0245. The summed E-state index contributed by atoms with van der Waals surface area (Å²) >= 11 is 0. The van der Waals surface area contributed by atoms with Crippen molar-refractivity contribution in [1.29, 1.82) is 0 Å². The third-order valence-electron chi connectivity index (χ3n) is 7.50. The number of hydrogen-bond donors (Lipinski definition) is 2. The molecule has 40 heavy (non-hydrogen) atoms. The lowest BCUT2D eigenvalue weighted by molar-refractivity contribution is 0.0364. The monoisotopic (exact) mass is 536 g/mol. The SMILES string of the molecule is O=C(NCc1cccc2ccccc12)N(CCCN1CCOCC1)Cc1ccc(CNCc2ccccc2)cc1. The largest absolute Gasteiger partial charge is 0.379 e. The molecule has 6 heteroatoms. The molecular weight excluding hydrogens is 496 g/mol. The lowest BCUT2D eigenvalue weighted by Crippen LogP contribution is -2.42. The molecule has 4 aromatic rings. The van der Waals surface area contributed by atoms with Crippen LogP contribution in [0.4, 0.5) is 4.79 Å². The molecule has 0 atom stereocenters. The van der Waals surface area contributed by atoms with Crippen LogP contribution in [0.2, 0.25) is 0 Å². The van der Waals surface area contributed by atoms with Crippen LogP contribution in [0.5, 0.6) is 0 Å². The van der Waals surface area contributed by atoms with Crippen LogP contribution >= 0.6 is 0 Å². The van der Waals surface area contributed by atoms with E-state index in [-0.39, 0.29) is 6.03 Å². The van der Waals surface area contributed by atoms with Gasteiger partial charge in [0.15, 0.2) is 0 Å². The Labute approximate surface area is 237 Å². The third-order valence-corrected chi connectivity index (χ3v) is 7.50. The molecule has 0 saturated carbocycles. The zero-order valence-electron chi connectivity index (χ0n) is 23.2. The van der Waals surface area contributed by atoms with E-state index in [1.165, 1.54) is 21.9 Å². The molecule has 5 rings (SSSR count). The second kappa shape index (κ2) is 14.6. The highest BCUT2D eigenvalue weighted by atomic mass is 16.5. The van der Waals surface area contributed by atoms with Gasteiger partial charge in [0.2, 0.25) is 0 Å². The second-order valence-corrected chi connectivity index (χ2v) is 10.4. The highest BCUT2D eigenvalue weighted by Gasteiger charge is 2.16. The highest BCUT2D eigenvalue weighted by Crippen LogP contribution is 2.18. The van der Waals surface area contributed by atoms with Gasteiger partial charge in [0.1, 0.15) is 0 Å². The van der Waals surface area contributed by atoms with Gasteiger partial charge in [-0.1, -0.05) is 97.1 Å². The van der Waals surface area contributed by atoms with E-state index in [1.54, 1.807) is 0 Å². The van der Waals surface area contributed by atoms with E-state index >= 15 is 0 Å². The summed E-state index contributed by atoms with van der Waals surface area (Å²) in [7, 11) is 0. The number of nitrogens with one attached hydrogen (secondary N) is 2. The molecule has 1 fully saturated rings. The first-order valence-electron chi connectivity index (χ1n) is 14.4. The van der Waals surface area contributed by atoms with Crippen molar-refractivity contribution in [3.63, 3.8) is 0 Å². The van der Waals surface area contributed by atoms with Crippen LogP contribution in [0.1, 0.15) is 28.7 Å². The molecule has 2 N–H and O–H groups in total. The zero-order chi connectivity index (χ0) is 27.4. The van der Waals surface area contributed by atoms with Crippen molar-refractivity contribution in [2.45, 2.75) is 32.6 Å². The van der Waals surface area contributed by atoms with Gasteiger partial charge in [-0.3, -0.25) is 4.90 Å². The van der Waals surface area contributed by atoms with Gasteiger partial charge in [0.25, 0.3) is 0 Å². The first kappa shape index (κ1) is 27.8. The summed E-state index contributed by atoms with van der Waals surface area (Å²) in [5, 5.41) is 9.08. The Morgan fingerprint density at radius 3 is 2.23 bits per heavy atom. The molecule has 6 nitrogen and oxygen atoms in total. The Morgan fingerprint density at radius 2 is 1.43 bits per heavy atom. The number of carbonyl (C=O) groups is 1. The van der Waals surface area contributed by atoms with Crippen LogP contribution < -0.4 is 10.6 Å². The number of fused-ring (bicyclic) bond motifs is 1. The van der Waals surface area contributed by atoms with Crippen LogP contribution in [-0.4, -0.2) is 55.2 Å². The van der Waals surface area contributed by atoms with Gasteiger partial charge in [0, 0.05) is 52.4 Å². The van der Waals surface area contributed by atoms with Crippen LogP contribution in [-0.2, 0) is 30.9 Å². The quantitative estimate of drug-likeness (QED) is 0.249. The summed E-state index contributed by atoms with van der Waals surface area (Å²) in [6, 6.07) is 33.6. The fourth-order valence-electron chi connectivity index (χ4n) is 5.22. The molecule has 208 valence electrons. The number of urea groups is 1. The number of hydrogen-bond acceptors (Lipinski definition) is 4. The molecule has 0 aromatic heterocycles. The zero-order valence-corrected chi connectivity index (χ0v) is 23.2. The minimum Gasteiger partial charge on any atom is -0.379 e. The number of nitrogens with zero attached hydrogens (tertiary/aromatic N) is 2. The topological polar surface area (TPSA) is 56.8 Å². The predicted molar refractivity (Wildman–Crippen MR) is 162 cm³/mol. The van der Waals surface area contributed by atoms with Crippen molar-refractivity contribution >= 4 is 16.8 Å². The standard InChI is InChI=1S/C34H40N4O2/c39-34(36-26-32-12-6-11-31-10-4-5-13-33(31)32)38(19-7-18-37-20-22-40-23-21-37)27-30-16-14-29(15-17-30)25-35-24-28-8-2-1-3-9-28/h1-6,8-17,35H,7,18-27H2,(H,36,39). The van der Waals surface area contributed by atoms with Crippen molar-refractivity contribution in [3.8, 4) is 0 Å². The number of benzene rings is 4. The Kier molecular flexibility index (Phi) is 10.2. The molecule has 0 bridgehead atoms. The Bertz CT molecular complexity index is 1330. The second-order valence-electron chi connectivity index (χ2n) is 10.4. The van der Waals surface area contributed by atoms with Gasteiger partial charge in [-0.15, -0.1) is 0 Å². The first-order valence-corrected chi connectivity index (χ1v) is 14.4. The highest BCUT2D eigenvalue weighted by molar-refractivity contribution is 5.86. The first-order chi connectivity index (χ1) is 19.7. The lowest BCUT2D eigenvalue weighted by atomic mass is 10.0. The van der Waals surface area contributed by atoms with Crippen molar-refractivity contribution in [1.82, 2.24) is 20.4 Å². The Morgan fingerprint density at radius 1 is 0.750 bits per heavy atom. The van der Waals surface area contributed by atoms with Crippen LogP contribution in [0.3, 0.4) is 0 Å². The summed E-state index contributed by atoms with van der Waals surface area (Å²) in [5.74, 6) is 0. The van der Waals surface area contributed by atoms with Crippen molar-refractivity contribution in [3.05, 3.63) is 119 Å². The number of amides is 2. The molecular formula is C34H40N4O2. The fraction of sp³-hybridized carbons (Fsp3) is 0.324. The van der Waals surface area contributed by atoms with Gasteiger partial charge >= 0.3 is 6.03 Å². The molecule has 1 saturated heterocycles. The summed E-state index contributed by atoms with van der Waals surface area (Å²) in [6.45, 7) is 7.94. The third kappa shape index (κ3) is 8.15. The molecule has 2 amide bonds. The molecule has 0 unspecified atom stereocenters. The summed E-state index contributed by atoms with van der Waals surface area (Å²) in [5.41, 5.74) is 4.78. The van der Waals surface area contributed by atoms with Gasteiger partial charge in [-0.05, 0) is 39.4 Å². The molecule has 0 radical (unpaired) electrons. The van der Waals surface area contributed by atoms with Gasteiger partial charge in [0.05, 0.1) is 13.2 Å². The maximum atomic E-state index is 13.5. The van der Waals surface area contributed by atoms with E-state index in [0.29, 0.717) is 19.6 Å². The summed E-state index contributed by atoms with van der Waals surface area (Å²) in [4.78, 5) is 17.8. The van der Waals surface area contributed by atoms with E-state index in [1.807, 2.05) is 23.1 Å². The van der Waals surface area contributed by atoms with E-state index in [2.05, 4.69) is 94.4 Å². The number of rotatable bonds is 12. The van der Waals surface area contributed by atoms with Crippen molar-refractivity contribution in [2.75, 3.05) is 39.4 Å². The smallest absolute Gasteiger partial charge is 0.317 e. The average Bonchev–Trinajstić information content (AvgIpc) is 3.01. The van der Waals surface area contributed by atoms with E-state index in [0.717, 1.165) is 63.5 Å². The van der Waals surface area contributed by atoms with Crippen LogP contribution in [0.15, 0.2) is 97.1 Å². The van der Waals surface area contributed by atoms with Crippen LogP contribution in [0.25, 0.3) is 10.8 Å². The molecule has 4 aromatic carbocycles.